The van der Waals surface area contributed by atoms with E-state index in [2.05, 4.69) is 9.97 Å². The van der Waals surface area contributed by atoms with Crippen molar-refractivity contribution in [2.75, 3.05) is 0 Å². The van der Waals surface area contributed by atoms with E-state index < -0.39 is 0 Å². The van der Waals surface area contributed by atoms with E-state index in [1.54, 1.807) is 6.92 Å². The van der Waals surface area contributed by atoms with Crippen molar-refractivity contribution in [3.63, 3.8) is 0 Å². The molecular weight excluding hydrogens is 228 g/mol. The van der Waals surface area contributed by atoms with Crippen LogP contribution in [0.5, 0.6) is 0 Å². The maximum Gasteiger partial charge on any atom is 0.305 e. The van der Waals surface area contributed by atoms with Crippen molar-refractivity contribution in [2.45, 2.75) is 40.7 Å². The lowest BCUT2D eigenvalue weighted by Gasteiger charge is -2.08. The average Bonchev–Trinajstić information content (AvgIpc) is 2.21. The van der Waals surface area contributed by atoms with Crippen molar-refractivity contribution in [1.82, 2.24) is 9.97 Å². The van der Waals surface area contributed by atoms with Gasteiger partial charge in [-0.1, -0.05) is 6.92 Å². The first-order valence-corrected chi connectivity index (χ1v) is 5.01. The fourth-order valence-electron chi connectivity index (χ4n) is 1.15. The molecule has 4 nitrogen and oxygen atoms in total. The van der Waals surface area contributed by atoms with Crippen LogP contribution in [0.1, 0.15) is 36.1 Å². The smallest absolute Gasteiger partial charge is 0.305 e. The first-order chi connectivity index (χ1) is 7.04. The molecular formula is C11H17ClN2O2. The second-order valence-corrected chi connectivity index (χ2v) is 3.44. The molecule has 0 aromatic carbocycles. The van der Waals surface area contributed by atoms with Gasteiger partial charge in [0.1, 0.15) is 6.61 Å². The number of hydrogen-bond acceptors (Lipinski definition) is 4. The largest absolute Gasteiger partial charge is 0.459 e. The zero-order chi connectivity index (χ0) is 11.4. The quantitative estimate of drug-likeness (QED) is 0.766. The summed E-state index contributed by atoms with van der Waals surface area (Å²) in [5, 5.41) is 0. The normalized spacial score (nSPS) is 9.50. The van der Waals surface area contributed by atoms with Crippen molar-refractivity contribution in [3.8, 4) is 0 Å². The van der Waals surface area contributed by atoms with Gasteiger partial charge in [-0.3, -0.25) is 14.8 Å². The average molecular weight is 245 g/mol. The van der Waals surface area contributed by atoms with Crippen LogP contribution in [-0.4, -0.2) is 15.9 Å². The monoisotopic (exact) mass is 244 g/mol. The molecule has 1 rings (SSSR count). The second kappa shape index (κ2) is 6.43. The van der Waals surface area contributed by atoms with Crippen molar-refractivity contribution in [1.29, 1.82) is 0 Å². The highest BCUT2D eigenvalue weighted by molar-refractivity contribution is 5.85. The molecule has 0 aliphatic rings. The molecule has 1 aromatic rings. The fourth-order valence-corrected chi connectivity index (χ4v) is 1.15. The van der Waals surface area contributed by atoms with E-state index >= 15 is 0 Å². The van der Waals surface area contributed by atoms with Crippen LogP contribution in [-0.2, 0) is 16.1 Å². The van der Waals surface area contributed by atoms with Crippen LogP contribution >= 0.6 is 12.4 Å². The van der Waals surface area contributed by atoms with Gasteiger partial charge in [-0.05, 0) is 20.8 Å². The Balaban J connectivity index is 0.00000225. The minimum absolute atomic E-state index is 0. The van der Waals surface area contributed by atoms with Crippen LogP contribution in [0.4, 0.5) is 0 Å². The molecule has 0 unspecified atom stereocenters. The van der Waals surface area contributed by atoms with E-state index in [1.165, 1.54) is 0 Å². The predicted octanol–water partition coefficient (Wildman–Crippen LogP) is 2.28. The molecule has 0 amide bonds. The van der Waals surface area contributed by atoms with Gasteiger partial charge in [0.05, 0.1) is 22.8 Å². The molecule has 1 heterocycles. The van der Waals surface area contributed by atoms with Gasteiger partial charge >= 0.3 is 5.97 Å². The number of carbonyl (C=O) groups is 1. The summed E-state index contributed by atoms with van der Waals surface area (Å²) in [6, 6.07) is 0. The zero-order valence-electron chi connectivity index (χ0n) is 10.0. The van der Waals surface area contributed by atoms with Crippen LogP contribution in [0, 0.1) is 20.8 Å². The lowest BCUT2D eigenvalue weighted by molar-refractivity contribution is -0.144. The molecule has 0 atom stereocenters. The van der Waals surface area contributed by atoms with E-state index in [1.807, 2.05) is 20.8 Å². The third-order valence-corrected chi connectivity index (χ3v) is 2.24. The topological polar surface area (TPSA) is 52.1 Å². The van der Waals surface area contributed by atoms with Crippen LogP contribution in [0.3, 0.4) is 0 Å². The number of rotatable bonds is 3. The maximum atomic E-state index is 11.0. The molecule has 0 fully saturated rings. The van der Waals surface area contributed by atoms with Gasteiger partial charge in [-0.2, -0.15) is 0 Å². The molecule has 0 bridgehead atoms. The molecule has 16 heavy (non-hydrogen) atoms. The lowest BCUT2D eigenvalue weighted by atomic mass is 10.3. The Morgan fingerprint density at radius 3 is 2.25 bits per heavy atom. The number of carbonyl (C=O) groups excluding carboxylic acids is 1. The van der Waals surface area contributed by atoms with E-state index in [0.29, 0.717) is 6.42 Å². The third-order valence-electron chi connectivity index (χ3n) is 2.24. The Labute approximate surface area is 102 Å². The standard InChI is InChI=1S/C11H16N2O2.ClH/c1-5-11(14)15-6-10-9(4)12-7(2)8(3)13-10;/h5-6H2,1-4H3;1H. The zero-order valence-corrected chi connectivity index (χ0v) is 10.8. The van der Waals surface area contributed by atoms with Crippen LogP contribution in [0.15, 0.2) is 0 Å². The third kappa shape index (κ3) is 3.77. The van der Waals surface area contributed by atoms with E-state index in [-0.39, 0.29) is 25.0 Å². The van der Waals surface area contributed by atoms with Gasteiger partial charge in [-0.25, -0.2) is 0 Å². The molecule has 0 aliphatic heterocycles. The number of aryl methyl sites for hydroxylation is 3. The number of ether oxygens (including phenoxy) is 1. The number of aromatic nitrogens is 2. The van der Waals surface area contributed by atoms with Crippen LogP contribution < -0.4 is 0 Å². The molecule has 5 heteroatoms. The Bertz CT molecular complexity index is 380. The highest BCUT2D eigenvalue weighted by Crippen LogP contribution is 2.08. The lowest BCUT2D eigenvalue weighted by Crippen LogP contribution is -2.08. The summed E-state index contributed by atoms with van der Waals surface area (Å²) < 4.78 is 5.01. The number of halogens is 1. The van der Waals surface area contributed by atoms with Crippen molar-refractivity contribution in [2.24, 2.45) is 0 Å². The van der Waals surface area contributed by atoms with Crippen LogP contribution in [0.25, 0.3) is 0 Å². The Morgan fingerprint density at radius 2 is 1.69 bits per heavy atom. The number of hydrogen-bond donors (Lipinski definition) is 0. The molecule has 0 N–H and O–H groups in total. The first kappa shape index (κ1) is 14.8. The summed E-state index contributed by atoms with van der Waals surface area (Å²) in [7, 11) is 0. The van der Waals surface area contributed by atoms with Gasteiger partial charge in [0, 0.05) is 6.42 Å². The molecule has 1 aromatic heterocycles. The maximum absolute atomic E-state index is 11.0. The van der Waals surface area contributed by atoms with E-state index in [9.17, 15) is 4.79 Å². The second-order valence-electron chi connectivity index (χ2n) is 3.44. The molecule has 0 saturated heterocycles. The Morgan fingerprint density at radius 1 is 1.12 bits per heavy atom. The van der Waals surface area contributed by atoms with Gasteiger partial charge in [0.25, 0.3) is 0 Å². The fraction of sp³-hybridized carbons (Fsp3) is 0.545. The molecule has 0 saturated carbocycles. The van der Waals surface area contributed by atoms with E-state index in [4.69, 9.17) is 4.74 Å². The molecule has 0 spiro atoms. The minimum atomic E-state index is -0.213. The summed E-state index contributed by atoms with van der Waals surface area (Å²) in [5.74, 6) is -0.213. The Kier molecular flexibility index (Phi) is 5.96. The molecule has 90 valence electrons. The number of esters is 1. The van der Waals surface area contributed by atoms with Gasteiger partial charge in [0.15, 0.2) is 0 Å². The minimum Gasteiger partial charge on any atom is -0.459 e. The van der Waals surface area contributed by atoms with Crippen LogP contribution in [0.2, 0.25) is 0 Å². The van der Waals surface area contributed by atoms with Gasteiger partial charge in [-0.15, -0.1) is 12.4 Å². The predicted molar refractivity (Wildman–Crippen MR) is 63.6 cm³/mol. The first-order valence-electron chi connectivity index (χ1n) is 5.01. The SMILES string of the molecule is CCC(=O)OCc1nc(C)c(C)nc1C.Cl. The summed E-state index contributed by atoms with van der Waals surface area (Å²) in [6.45, 7) is 7.66. The summed E-state index contributed by atoms with van der Waals surface area (Å²) in [4.78, 5) is 19.6. The van der Waals surface area contributed by atoms with Gasteiger partial charge < -0.3 is 4.74 Å². The molecule has 0 aliphatic carbocycles. The highest BCUT2D eigenvalue weighted by atomic mass is 35.5. The van der Waals surface area contributed by atoms with Crippen molar-refractivity contribution in [3.05, 3.63) is 22.8 Å². The summed E-state index contributed by atoms with van der Waals surface area (Å²) in [6.07, 6.45) is 0.386. The van der Waals surface area contributed by atoms with Crippen molar-refractivity contribution >= 4 is 18.4 Å². The number of nitrogens with zero attached hydrogens (tertiary/aromatic N) is 2. The molecule has 0 radical (unpaired) electrons. The summed E-state index contributed by atoms with van der Waals surface area (Å²) in [5.41, 5.74) is 3.35. The van der Waals surface area contributed by atoms with Crippen molar-refractivity contribution < 1.29 is 9.53 Å². The summed E-state index contributed by atoms with van der Waals surface area (Å²) >= 11 is 0. The highest BCUT2D eigenvalue weighted by Gasteiger charge is 2.07. The van der Waals surface area contributed by atoms with Gasteiger partial charge in [0.2, 0.25) is 0 Å². The Hall–Kier alpha value is -1.16. The van der Waals surface area contributed by atoms with E-state index in [0.717, 1.165) is 22.8 Å².